The van der Waals surface area contributed by atoms with Gasteiger partial charge in [-0.2, -0.15) is 0 Å². The van der Waals surface area contributed by atoms with Crippen LogP contribution in [-0.2, 0) is 30.4 Å². The minimum absolute atomic E-state index is 0.0899. The monoisotopic (exact) mass is 563 g/mol. The molecule has 0 aliphatic heterocycles. The number of nitrogens with one attached hydrogen (secondary N) is 2. The number of imide groups is 1. The van der Waals surface area contributed by atoms with Crippen LogP contribution in [0, 0.1) is 11.8 Å². The van der Waals surface area contributed by atoms with E-state index >= 15 is 0 Å². The van der Waals surface area contributed by atoms with Crippen LogP contribution in [0.15, 0.2) is 30.3 Å². The molecule has 8 N–H and O–H groups in total. The summed E-state index contributed by atoms with van der Waals surface area (Å²) in [6, 6.07) is 3.81. The molecule has 0 saturated carbocycles. The maximum atomic E-state index is 13.5. The molecule has 0 fully saturated rings. The van der Waals surface area contributed by atoms with E-state index < -0.39 is 77.7 Å². The number of aliphatic hydroxyl groups excluding tert-OH is 1. The van der Waals surface area contributed by atoms with Crippen LogP contribution in [0.1, 0.15) is 59.9 Å². The second-order valence-electron chi connectivity index (χ2n) is 10.8. The Balaban J connectivity index is 3.24. The number of carbonyl (C=O) groups excluding carboxylic acids is 4. The summed E-state index contributed by atoms with van der Waals surface area (Å²) >= 11 is 0. The molecule has 40 heavy (non-hydrogen) atoms. The predicted octanol–water partition coefficient (Wildman–Crippen LogP) is 0.155. The van der Waals surface area contributed by atoms with Crippen molar-refractivity contribution >= 4 is 29.6 Å². The molecule has 0 aromatic heterocycles. The van der Waals surface area contributed by atoms with Gasteiger partial charge in [0.25, 0.3) is 5.91 Å². The number of nitrogens with zero attached hydrogens (tertiary/aromatic N) is 1. The van der Waals surface area contributed by atoms with Gasteiger partial charge in [-0.05, 0) is 44.1 Å². The zero-order valence-electron chi connectivity index (χ0n) is 24.2. The molecule has 4 amide bonds. The SMILES string of the molecule is CC(N)C(=O)NC(C)C(=O)N(C(=O)CC[C@H](O)[C@@H](N)Cc1ccccc1)C(C(=O)NC(C(=O)O)C(C)C)C(C)C. The molecule has 0 aliphatic carbocycles. The maximum Gasteiger partial charge on any atom is 0.326 e. The number of aliphatic carboxylic acids is 1. The van der Waals surface area contributed by atoms with E-state index in [0.717, 1.165) is 10.5 Å². The summed E-state index contributed by atoms with van der Waals surface area (Å²) in [5.74, 6) is -5.45. The fraction of sp³-hybridized carbons (Fsp3) is 0.607. The van der Waals surface area contributed by atoms with E-state index in [1.165, 1.54) is 13.8 Å². The number of aliphatic hydroxyl groups is 1. The summed E-state index contributed by atoms with van der Waals surface area (Å²) in [6.45, 7) is 9.23. The highest BCUT2D eigenvalue weighted by atomic mass is 16.4. The lowest BCUT2D eigenvalue weighted by Gasteiger charge is -2.35. The number of rotatable bonds is 15. The minimum atomic E-state index is -1.38. The Morgan fingerprint density at radius 2 is 1.45 bits per heavy atom. The van der Waals surface area contributed by atoms with Gasteiger partial charge in [0.1, 0.15) is 18.1 Å². The summed E-state index contributed by atoms with van der Waals surface area (Å²) in [6.07, 6.45) is -1.14. The first-order valence-corrected chi connectivity index (χ1v) is 13.5. The van der Waals surface area contributed by atoms with Crippen LogP contribution >= 0.6 is 0 Å². The third-order valence-electron chi connectivity index (χ3n) is 6.52. The van der Waals surface area contributed by atoms with Crippen LogP contribution in [0.3, 0.4) is 0 Å². The molecule has 0 spiro atoms. The highest BCUT2D eigenvalue weighted by Gasteiger charge is 2.40. The van der Waals surface area contributed by atoms with E-state index in [1.54, 1.807) is 27.7 Å². The zero-order chi connectivity index (χ0) is 30.7. The molecule has 12 heteroatoms. The van der Waals surface area contributed by atoms with Gasteiger partial charge >= 0.3 is 5.97 Å². The van der Waals surface area contributed by atoms with Crippen molar-refractivity contribution in [3.63, 3.8) is 0 Å². The van der Waals surface area contributed by atoms with Gasteiger partial charge in [0.2, 0.25) is 17.7 Å². The Kier molecular flexibility index (Phi) is 13.9. The highest BCUT2D eigenvalue weighted by Crippen LogP contribution is 2.18. The molecule has 0 radical (unpaired) electrons. The molecule has 12 nitrogen and oxygen atoms in total. The fourth-order valence-electron chi connectivity index (χ4n) is 4.13. The molecule has 4 unspecified atom stereocenters. The van der Waals surface area contributed by atoms with Gasteiger partial charge in [0.15, 0.2) is 0 Å². The van der Waals surface area contributed by atoms with E-state index in [0.29, 0.717) is 6.42 Å². The Bertz CT molecular complexity index is 1020. The molecule has 0 bridgehead atoms. The van der Waals surface area contributed by atoms with Gasteiger partial charge in [-0.1, -0.05) is 58.0 Å². The van der Waals surface area contributed by atoms with Crippen molar-refractivity contribution in [2.45, 2.75) is 97.1 Å². The molecule has 0 heterocycles. The number of amides is 4. The maximum absolute atomic E-state index is 13.5. The van der Waals surface area contributed by atoms with Crippen molar-refractivity contribution in [3.8, 4) is 0 Å². The summed E-state index contributed by atoms with van der Waals surface area (Å²) in [7, 11) is 0. The van der Waals surface area contributed by atoms with Gasteiger partial charge in [-0.25, -0.2) is 4.79 Å². The van der Waals surface area contributed by atoms with Gasteiger partial charge < -0.3 is 32.3 Å². The lowest BCUT2D eigenvalue weighted by atomic mass is 9.96. The van der Waals surface area contributed by atoms with Gasteiger partial charge in [0.05, 0.1) is 12.1 Å². The summed E-state index contributed by atoms with van der Waals surface area (Å²) in [5.41, 5.74) is 12.6. The smallest absolute Gasteiger partial charge is 0.326 e. The number of carboxylic acid groups (broad SMARTS) is 1. The first kappa shape index (κ1) is 34.7. The summed E-state index contributed by atoms with van der Waals surface area (Å²) in [4.78, 5) is 65.0. The van der Waals surface area contributed by atoms with Gasteiger partial charge in [-0.15, -0.1) is 0 Å². The topological polar surface area (TPSA) is 205 Å². The molecular weight excluding hydrogens is 518 g/mol. The largest absolute Gasteiger partial charge is 0.480 e. The van der Waals surface area contributed by atoms with Crippen LogP contribution in [0.5, 0.6) is 0 Å². The van der Waals surface area contributed by atoms with Crippen molar-refractivity contribution in [1.82, 2.24) is 15.5 Å². The summed E-state index contributed by atoms with van der Waals surface area (Å²) in [5, 5.41) is 25.1. The third kappa shape index (κ3) is 10.3. The Morgan fingerprint density at radius 1 is 0.875 bits per heavy atom. The van der Waals surface area contributed by atoms with Crippen molar-refractivity contribution in [3.05, 3.63) is 35.9 Å². The average molecular weight is 564 g/mol. The van der Waals surface area contributed by atoms with Crippen molar-refractivity contribution in [1.29, 1.82) is 0 Å². The van der Waals surface area contributed by atoms with Crippen LogP contribution in [0.2, 0.25) is 0 Å². The van der Waals surface area contributed by atoms with Crippen LogP contribution in [-0.4, -0.2) is 81.0 Å². The Morgan fingerprint density at radius 3 is 1.93 bits per heavy atom. The van der Waals surface area contributed by atoms with Gasteiger partial charge in [-0.3, -0.25) is 24.1 Å². The first-order chi connectivity index (χ1) is 18.6. The summed E-state index contributed by atoms with van der Waals surface area (Å²) < 4.78 is 0. The molecular formula is C28H45N5O7. The van der Waals surface area contributed by atoms with Crippen LogP contribution in [0.4, 0.5) is 0 Å². The normalized spacial score (nSPS) is 15.9. The van der Waals surface area contributed by atoms with Crippen LogP contribution in [0.25, 0.3) is 0 Å². The lowest BCUT2D eigenvalue weighted by molar-refractivity contribution is -0.156. The second-order valence-corrected chi connectivity index (χ2v) is 10.8. The fourth-order valence-corrected chi connectivity index (χ4v) is 4.13. The molecule has 6 atom stereocenters. The minimum Gasteiger partial charge on any atom is -0.480 e. The molecule has 1 rings (SSSR count). The standard InChI is InChI=1S/C28H45N5O7/c1-15(2)23(28(39)40)32-26(37)24(16(3)4)33(27(38)18(6)31-25(36)17(5)29)22(35)13-12-21(34)20(30)14-19-10-8-7-9-11-19/h7-11,15-18,20-21,23-24,34H,12-14,29-30H2,1-6H3,(H,31,36)(H,32,37)(H,39,40)/t17?,18?,20-,21-,23?,24?/m0/s1. The number of hydrogen-bond donors (Lipinski definition) is 6. The van der Waals surface area contributed by atoms with Crippen molar-refractivity contribution < 1.29 is 34.2 Å². The number of benzene rings is 1. The molecule has 224 valence electrons. The van der Waals surface area contributed by atoms with Crippen molar-refractivity contribution in [2.24, 2.45) is 23.3 Å². The Labute approximate surface area is 235 Å². The zero-order valence-corrected chi connectivity index (χ0v) is 24.2. The number of nitrogens with two attached hydrogens (primary N) is 2. The first-order valence-electron chi connectivity index (χ1n) is 13.5. The number of carboxylic acids is 1. The Hall–Kier alpha value is -3.35. The predicted molar refractivity (Wildman–Crippen MR) is 149 cm³/mol. The van der Waals surface area contributed by atoms with Crippen molar-refractivity contribution in [2.75, 3.05) is 0 Å². The van der Waals surface area contributed by atoms with E-state index in [-0.39, 0.29) is 12.8 Å². The van der Waals surface area contributed by atoms with E-state index in [4.69, 9.17) is 11.5 Å². The highest BCUT2D eigenvalue weighted by molar-refractivity contribution is 6.03. The van der Waals surface area contributed by atoms with Crippen LogP contribution < -0.4 is 22.1 Å². The van der Waals surface area contributed by atoms with Gasteiger partial charge in [0, 0.05) is 12.5 Å². The van der Waals surface area contributed by atoms with E-state index in [2.05, 4.69) is 10.6 Å². The number of hydrogen-bond acceptors (Lipinski definition) is 8. The molecule has 1 aromatic rings. The molecule has 0 aliphatic rings. The third-order valence-corrected chi connectivity index (χ3v) is 6.52. The molecule has 1 aromatic carbocycles. The quantitative estimate of drug-likeness (QED) is 0.172. The molecule has 0 saturated heterocycles. The average Bonchev–Trinajstić information content (AvgIpc) is 2.87. The number of carbonyl (C=O) groups is 5. The van der Waals surface area contributed by atoms with E-state index in [9.17, 15) is 34.2 Å². The van der Waals surface area contributed by atoms with E-state index in [1.807, 2.05) is 30.3 Å². The lowest BCUT2D eigenvalue weighted by Crippen LogP contribution is -2.61. The second kappa shape index (κ2) is 16.0.